The van der Waals surface area contributed by atoms with Crippen LogP contribution >= 0.6 is 0 Å². The molecule has 0 aromatic carbocycles. The second-order valence-electron chi connectivity index (χ2n) is 1.92. The van der Waals surface area contributed by atoms with Gasteiger partial charge in [-0.2, -0.15) is 10.1 Å². The summed E-state index contributed by atoms with van der Waals surface area (Å²) < 4.78 is 4.36. The Labute approximate surface area is 56.1 Å². The standard InChI is InChI=1S/C4H6O6/c1-4(2-7-10-4)8-3(5)9-6/h6H,2H2,1H3. The summed E-state index contributed by atoms with van der Waals surface area (Å²) in [6.07, 6.45) is -1.22. The summed E-state index contributed by atoms with van der Waals surface area (Å²) in [5, 5.41) is 7.75. The molecule has 0 amide bonds. The van der Waals surface area contributed by atoms with Crippen LogP contribution in [0.15, 0.2) is 0 Å². The van der Waals surface area contributed by atoms with Crippen LogP contribution in [0.2, 0.25) is 0 Å². The average molecular weight is 150 g/mol. The summed E-state index contributed by atoms with van der Waals surface area (Å²) in [6.45, 7) is 1.59. The third kappa shape index (κ3) is 1.35. The van der Waals surface area contributed by atoms with E-state index < -0.39 is 11.9 Å². The lowest BCUT2D eigenvalue weighted by molar-refractivity contribution is -0.523. The van der Waals surface area contributed by atoms with Crippen molar-refractivity contribution >= 4 is 6.16 Å². The fourth-order valence-electron chi connectivity index (χ4n) is 0.466. The van der Waals surface area contributed by atoms with E-state index in [0.29, 0.717) is 0 Å². The van der Waals surface area contributed by atoms with Crippen molar-refractivity contribution in [1.29, 1.82) is 0 Å². The van der Waals surface area contributed by atoms with Gasteiger partial charge in [-0.15, -0.1) is 0 Å². The van der Waals surface area contributed by atoms with Crippen LogP contribution in [0.1, 0.15) is 6.92 Å². The minimum atomic E-state index is -1.22. The van der Waals surface area contributed by atoms with E-state index in [2.05, 4.69) is 19.4 Å². The summed E-state index contributed by atoms with van der Waals surface area (Å²) in [7, 11) is 0. The van der Waals surface area contributed by atoms with Gasteiger partial charge in [0.1, 0.15) is 0 Å². The van der Waals surface area contributed by atoms with Crippen molar-refractivity contribution in [3.63, 3.8) is 0 Å². The third-order valence-corrected chi connectivity index (χ3v) is 0.930. The molecule has 0 aliphatic carbocycles. The molecule has 6 heteroatoms. The van der Waals surface area contributed by atoms with Gasteiger partial charge < -0.3 is 4.74 Å². The van der Waals surface area contributed by atoms with Gasteiger partial charge >= 0.3 is 6.16 Å². The quantitative estimate of drug-likeness (QED) is 0.329. The van der Waals surface area contributed by atoms with Gasteiger partial charge in [0, 0.05) is 6.92 Å². The van der Waals surface area contributed by atoms with Crippen molar-refractivity contribution in [3.05, 3.63) is 0 Å². The van der Waals surface area contributed by atoms with E-state index in [4.69, 9.17) is 5.26 Å². The van der Waals surface area contributed by atoms with E-state index in [-0.39, 0.29) is 6.61 Å². The zero-order valence-electron chi connectivity index (χ0n) is 5.20. The van der Waals surface area contributed by atoms with Gasteiger partial charge in [-0.1, -0.05) is 0 Å². The molecular weight excluding hydrogens is 144 g/mol. The Morgan fingerprint density at radius 2 is 2.40 bits per heavy atom. The monoisotopic (exact) mass is 150 g/mol. The molecule has 0 saturated carbocycles. The van der Waals surface area contributed by atoms with E-state index >= 15 is 0 Å². The van der Waals surface area contributed by atoms with E-state index in [1.165, 1.54) is 6.92 Å². The second-order valence-corrected chi connectivity index (χ2v) is 1.92. The van der Waals surface area contributed by atoms with Gasteiger partial charge in [0.25, 0.3) is 5.79 Å². The summed E-state index contributed by atoms with van der Waals surface area (Å²) in [5.74, 6) is -1.11. The number of ether oxygens (including phenoxy) is 1. The molecule has 1 rings (SSSR count). The molecule has 0 bridgehead atoms. The molecule has 58 valence electrons. The van der Waals surface area contributed by atoms with Crippen molar-refractivity contribution < 1.29 is 29.5 Å². The van der Waals surface area contributed by atoms with E-state index in [1.54, 1.807) is 0 Å². The molecule has 1 saturated heterocycles. The van der Waals surface area contributed by atoms with Gasteiger partial charge in [-0.05, 0) is 0 Å². The molecule has 0 aromatic heterocycles. The number of carbonyl (C=O) groups is 1. The Kier molecular flexibility index (Phi) is 1.75. The molecule has 1 N–H and O–H groups in total. The normalized spacial score (nSPS) is 30.6. The second kappa shape index (κ2) is 2.41. The lowest BCUT2D eigenvalue weighted by Crippen LogP contribution is -2.48. The van der Waals surface area contributed by atoms with Crippen LogP contribution in [0.5, 0.6) is 0 Å². The predicted molar refractivity (Wildman–Crippen MR) is 25.6 cm³/mol. The van der Waals surface area contributed by atoms with Crippen LogP contribution < -0.4 is 0 Å². The Morgan fingerprint density at radius 3 is 2.70 bits per heavy atom. The number of carbonyl (C=O) groups excluding carboxylic acids is 1. The molecular formula is C4H6O6. The number of hydrogen-bond acceptors (Lipinski definition) is 6. The van der Waals surface area contributed by atoms with Crippen LogP contribution in [0.4, 0.5) is 4.79 Å². The lowest BCUT2D eigenvalue weighted by Gasteiger charge is -2.33. The Hall–Kier alpha value is -0.850. The maximum Gasteiger partial charge on any atom is 0.542 e. The van der Waals surface area contributed by atoms with Crippen molar-refractivity contribution in [3.8, 4) is 0 Å². The summed E-state index contributed by atoms with van der Waals surface area (Å²) in [6, 6.07) is 0. The van der Waals surface area contributed by atoms with Crippen molar-refractivity contribution in [2.75, 3.05) is 6.61 Å². The minimum Gasteiger partial charge on any atom is -0.395 e. The largest absolute Gasteiger partial charge is 0.542 e. The van der Waals surface area contributed by atoms with E-state index in [1.807, 2.05) is 0 Å². The summed E-state index contributed by atoms with van der Waals surface area (Å²) in [5.41, 5.74) is 0. The van der Waals surface area contributed by atoms with E-state index in [9.17, 15) is 4.79 Å². The summed E-state index contributed by atoms with van der Waals surface area (Å²) >= 11 is 0. The van der Waals surface area contributed by atoms with Crippen molar-refractivity contribution in [2.24, 2.45) is 0 Å². The zero-order valence-corrected chi connectivity index (χ0v) is 5.20. The molecule has 0 aromatic rings. The van der Waals surface area contributed by atoms with Crippen molar-refractivity contribution in [2.45, 2.75) is 12.7 Å². The molecule has 1 aliphatic rings. The lowest BCUT2D eigenvalue weighted by atomic mass is 10.3. The summed E-state index contributed by atoms with van der Waals surface area (Å²) in [4.78, 5) is 22.0. The molecule has 0 radical (unpaired) electrons. The first-order valence-electron chi connectivity index (χ1n) is 2.51. The molecule has 0 spiro atoms. The van der Waals surface area contributed by atoms with E-state index in [0.717, 1.165) is 0 Å². The molecule has 1 atom stereocenters. The number of rotatable bonds is 1. The molecule has 1 unspecified atom stereocenters. The highest BCUT2D eigenvalue weighted by Gasteiger charge is 2.41. The molecule has 1 fully saturated rings. The Balaban J connectivity index is 2.29. The van der Waals surface area contributed by atoms with Crippen LogP contribution in [0.25, 0.3) is 0 Å². The van der Waals surface area contributed by atoms with Gasteiger partial charge in [0.05, 0.1) is 0 Å². The first kappa shape index (κ1) is 7.26. The van der Waals surface area contributed by atoms with Gasteiger partial charge in [-0.25, -0.2) is 9.68 Å². The highest BCUT2D eigenvalue weighted by atomic mass is 17.3. The van der Waals surface area contributed by atoms with Gasteiger partial charge in [-0.3, -0.25) is 4.89 Å². The Morgan fingerprint density at radius 1 is 1.80 bits per heavy atom. The molecule has 1 heterocycles. The maximum atomic E-state index is 10.2. The average Bonchev–Trinajstić information content (AvgIpc) is 1.84. The van der Waals surface area contributed by atoms with Crippen molar-refractivity contribution in [1.82, 2.24) is 0 Å². The third-order valence-electron chi connectivity index (χ3n) is 0.930. The zero-order chi connectivity index (χ0) is 7.61. The molecule has 1 aliphatic heterocycles. The smallest absolute Gasteiger partial charge is 0.395 e. The van der Waals surface area contributed by atoms with Crippen LogP contribution in [-0.4, -0.2) is 23.8 Å². The van der Waals surface area contributed by atoms with Crippen LogP contribution in [0.3, 0.4) is 0 Å². The van der Waals surface area contributed by atoms with Gasteiger partial charge in [0.2, 0.25) is 0 Å². The fraction of sp³-hybridized carbons (Fsp3) is 0.750. The SMILES string of the molecule is CC1(OC(=O)OO)COO1. The highest BCUT2D eigenvalue weighted by molar-refractivity contribution is 5.59. The first-order valence-corrected chi connectivity index (χ1v) is 2.51. The maximum absolute atomic E-state index is 10.2. The molecule has 6 nitrogen and oxygen atoms in total. The minimum absolute atomic E-state index is 0.127. The fourth-order valence-corrected chi connectivity index (χ4v) is 0.466. The van der Waals surface area contributed by atoms with Gasteiger partial charge in [0.15, 0.2) is 6.61 Å². The number of hydrogen-bond donors (Lipinski definition) is 1. The Bertz CT molecular complexity index is 139. The van der Waals surface area contributed by atoms with Crippen LogP contribution in [-0.2, 0) is 19.4 Å². The molecule has 10 heavy (non-hydrogen) atoms. The predicted octanol–water partition coefficient (Wildman–Crippen LogP) is 0.291. The topological polar surface area (TPSA) is 74.2 Å². The highest BCUT2D eigenvalue weighted by Crippen LogP contribution is 2.22. The first-order chi connectivity index (χ1) is 4.66. The van der Waals surface area contributed by atoms with Crippen LogP contribution in [0, 0.1) is 0 Å².